The molecule has 3 rings (SSSR count). The van der Waals surface area contributed by atoms with Crippen molar-refractivity contribution in [1.29, 1.82) is 0 Å². The summed E-state index contributed by atoms with van der Waals surface area (Å²) < 4.78 is 5.96. The number of oxazole rings is 1. The molecule has 0 fully saturated rings. The molecule has 3 nitrogen and oxygen atoms in total. The van der Waals surface area contributed by atoms with E-state index in [4.69, 9.17) is 4.42 Å². The van der Waals surface area contributed by atoms with Crippen LogP contribution in [0.5, 0.6) is 0 Å². The molecule has 0 amide bonds. The second-order valence-electron chi connectivity index (χ2n) is 6.06. The minimum Gasteiger partial charge on any atom is -0.436 e. The number of hydrogen-bond donors (Lipinski definition) is 0. The molecular weight excluding hydrogens is 260 g/mol. The lowest BCUT2D eigenvalue weighted by Crippen LogP contribution is -2.29. The quantitative estimate of drug-likeness (QED) is 0.836. The van der Waals surface area contributed by atoms with Gasteiger partial charge in [0.25, 0.3) is 0 Å². The number of unbranched alkanes of at least 4 members (excludes halogenated alkanes) is 1. The van der Waals surface area contributed by atoms with Crippen LogP contribution in [-0.2, 0) is 0 Å². The first-order chi connectivity index (χ1) is 10.2. The molecule has 0 bridgehead atoms. The van der Waals surface area contributed by atoms with E-state index in [0.29, 0.717) is 0 Å². The summed E-state index contributed by atoms with van der Waals surface area (Å²) >= 11 is 0. The molecule has 0 aliphatic carbocycles. The molecule has 0 saturated heterocycles. The average molecular weight is 284 g/mol. The van der Waals surface area contributed by atoms with E-state index < -0.39 is 0 Å². The summed E-state index contributed by atoms with van der Waals surface area (Å²) in [4.78, 5) is 7.18. The van der Waals surface area contributed by atoms with Crippen LogP contribution in [0.15, 0.2) is 22.6 Å². The molecule has 0 radical (unpaired) electrons. The van der Waals surface area contributed by atoms with Gasteiger partial charge in [-0.05, 0) is 56.5 Å². The van der Waals surface area contributed by atoms with E-state index in [2.05, 4.69) is 48.9 Å². The molecular formula is C18H24N2O. The molecule has 0 saturated carbocycles. The standard InChI is InChI=1S/C18H24N2O/c1-4-5-8-20-9-6-15(7-10-20)18-19-16-11-13(2)14(3)12-17(16)21-18/h6,11-12H,4-5,7-10H2,1-3H3. The third kappa shape index (κ3) is 3.03. The molecule has 21 heavy (non-hydrogen) atoms. The SMILES string of the molecule is CCCCN1CC=C(c2nc3cc(C)c(C)cc3o2)CC1. The number of benzene rings is 1. The summed E-state index contributed by atoms with van der Waals surface area (Å²) in [6, 6.07) is 4.21. The van der Waals surface area contributed by atoms with Crippen molar-refractivity contribution in [3.63, 3.8) is 0 Å². The Morgan fingerprint density at radius 3 is 2.76 bits per heavy atom. The van der Waals surface area contributed by atoms with E-state index in [0.717, 1.165) is 36.5 Å². The second kappa shape index (κ2) is 6.02. The summed E-state index contributed by atoms with van der Waals surface area (Å²) in [7, 11) is 0. The zero-order chi connectivity index (χ0) is 14.8. The van der Waals surface area contributed by atoms with Gasteiger partial charge in [-0.3, -0.25) is 4.90 Å². The maximum Gasteiger partial charge on any atom is 0.222 e. The van der Waals surface area contributed by atoms with Crippen LogP contribution in [0.1, 0.15) is 43.2 Å². The predicted octanol–water partition coefficient (Wildman–Crippen LogP) is 4.33. The van der Waals surface area contributed by atoms with Crippen molar-refractivity contribution in [2.45, 2.75) is 40.0 Å². The lowest BCUT2D eigenvalue weighted by atomic mass is 10.1. The van der Waals surface area contributed by atoms with E-state index in [-0.39, 0.29) is 0 Å². The van der Waals surface area contributed by atoms with Crippen molar-refractivity contribution in [1.82, 2.24) is 9.88 Å². The van der Waals surface area contributed by atoms with Crippen LogP contribution >= 0.6 is 0 Å². The molecule has 112 valence electrons. The first-order valence-corrected chi connectivity index (χ1v) is 7.97. The summed E-state index contributed by atoms with van der Waals surface area (Å²) in [6.45, 7) is 9.81. The minimum absolute atomic E-state index is 0.810. The third-order valence-electron chi connectivity index (χ3n) is 4.40. The van der Waals surface area contributed by atoms with Gasteiger partial charge in [-0.15, -0.1) is 0 Å². The largest absolute Gasteiger partial charge is 0.436 e. The van der Waals surface area contributed by atoms with Gasteiger partial charge in [0, 0.05) is 18.7 Å². The molecule has 0 N–H and O–H groups in total. The number of aromatic nitrogens is 1. The minimum atomic E-state index is 0.810. The fourth-order valence-electron chi connectivity index (χ4n) is 2.81. The molecule has 0 spiro atoms. The summed E-state index contributed by atoms with van der Waals surface area (Å²) in [6.07, 6.45) is 5.86. The Labute approximate surface area is 126 Å². The van der Waals surface area contributed by atoms with Crippen LogP contribution in [-0.4, -0.2) is 29.5 Å². The monoisotopic (exact) mass is 284 g/mol. The van der Waals surface area contributed by atoms with Crippen LogP contribution in [0.25, 0.3) is 16.7 Å². The van der Waals surface area contributed by atoms with Crippen molar-refractivity contribution in [2.24, 2.45) is 0 Å². The molecule has 1 aromatic heterocycles. The normalized spacial score (nSPS) is 16.4. The number of aryl methyl sites for hydroxylation is 2. The van der Waals surface area contributed by atoms with Gasteiger partial charge in [-0.2, -0.15) is 0 Å². The zero-order valence-corrected chi connectivity index (χ0v) is 13.3. The van der Waals surface area contributed by atoms with Crippen LogP contribution in [0.2, 0.25) is 0 Å². The van der Waals surface area contributed by atoms with Crippen molar-refractivity contribution >= 4 is 16.7 Å². The molecule has 2 heterocycles. The summed E-state index contributed by atoms with van der Waals surface area (Å²) in [5, 5.41) is 0. The highest BCUT2D eigenvalue weighted by Crippen LogP contribution is 2.27. The van der Waals surface area contributed by atoms with Crippen molar-refractivity contribution in [2.75, 3.05) is 19.6 Å². The van der Waals surface area contributed by atoms with Gasteiger partial charge < -0.3 is 4.42 Å². The van der Waals surface area contributed by atoms with E-state index in [1.165, 1.54) is 36.1 Å². The highest BCUT2D eigenvalue weighted by molar-refractivity contribution is 5.77. The topological polar surface area (TPSA) is 29.3 Å². The molecule has 3 heteroatoms. The molecule has 2 aromatic rings. The fourth-order valence-corrected chi connectivity index (χ4v) is 2.81. The third-order valence-corrected chi connectivity index (χ3v) is 4.40. The van der Waals surface area contributed by atoms with Crippen LogP contribution in [0, 0.1) is 13.8 Å². The lowest BCUT2D eigenvalue weighted by Gasteiger charge is -2.24. The predicted molar refractivity (Wildman–Crippen MR) is 87.4 cm³/mol. The van der Waals surface area contributed by atoms with E-state index in [9.17, 15) is 0 Å². The second-order valence-corrected chi connectivity index (χ2v) is 6.06. The van der Waals surface area contributed by atoms with Gasteiger partial charge in [0.2, 0.25) is 5.89 Å². The molecule has 1 aromatic carbocycles. The van der Waals surface area contributed by atoms with Crippen molar-refractivity contribution in [3.05, 3.63) is 35.2 Å². The average Bonchev–Trinajstić information content (AvgIpc) is 2.89. The van der Waals surface area contributed by atoms with E-state index in [1.807, 2.05) is 0 Å². The Kier molecular flexibility index (Phi) is 4.11. The van der Waals surface area contributed by atoms with Crippen LogP contribution in [0.3, 0.4) is 0 Å². The maximum atomic E-state index is 5.96. The highest BCUT2D eigenvalue weighted by atomic mass is 16.3. The van der Waals surface area contributed by atoms with Gasteiger partial charge in [0.05, 0.1) is 0 Å². The van der Waals surface area contributed by atoms with E-state index in [1.54, 1.807) is 0 Å². The van der Waals surface area contributed by atoms with Crippen LogP contribution in [0.4, 0.5) is 0 Å². The zero-order valence-electron chi connectivity index (χ0n) is 13.3. The fraction of sp³-hybridized carbons (Fsp3) is 0.500. The van der Waals surface area contributed by atoms with Crippen molar-refractivity contribution < 1.29 is 4.42 Å². The number of fused-ring (bicyclic) bond motifs is 1. The maximum absolute atomic E-state index is 5.96. The van der Waals surface area contributed by atoms with Gasteiger partial charge in [0.1, 0.15) is 5.52 Å². The number of rotatable bonds is 4. The summed E-state index contributed by atoms with van der Waals surface area (Å²) in [5.41, 5.74) is 5.67. The number of nitrogens with zero attached hydrogens (tertiary/aromatic N) is 2. The smallest absolute Gasteiger partial charge is 0.222 e. The van der Waals surface area contributed by atoms with E-state index >= 15 is 0 Å². The highest BCUT2D eigenvalue weighted by Gasteiger charge is 2.17. The molecule has 0 atom stereocenters. The first-order valence-electron chi connectivity index (χ1n) is 7.97. The van der Waals surface area contributed by atoms with Gasteiger partial charge in [-0.25, -0.2) is 4.98 Å². The molecule has 1 aliphatic heterocycles. The molecule has 1 aliphatic rings. The Morgan fingerprint density at radius 1 is 1.24 bits per heavy atom. The molecule has 0 unspecified atom stereocenters. The van der Waals surface area contributed by atoms with Gasteiger partial charge in [0.15, 0.2) is 5.58 Å². The first kappa shape index (κ1) is 14.3. The lowest BCUT2D eigenvalue weighted by molar-refractivity contribution is 0.295. The Bertz CT molecular complexity index is 630. The Morgan fingerprint density at radius 2 is 2.05 bits per heavy atom. The van der Waals surface area contributed by atoms with Gasteiger partial charge in [-0.1, -0.05) is 19.4 Å². The van der Waals surface area contributed by atoms with Gasteiger partial charge >= 0.3 is 0 Å². The van der Waals surface area contributed by atoms with Crippen LogP contribution < -0.4 is 0 Å². The number of hydrogen-bond acceptors (Lipinski definition) is 3. The summed E-state index contributed by atoms with van der Waals surface area (Å²) in [5.74, 6) is 0.810. The van der Waals surface area contributed by atoms with Crippen molar-refractivity contribution in [3.8, 4) is 0 Å². The Hall–Kier alpha value is -1.61. The Balaban J connectivity index is 1.80.